The van der Waals surface area contributed by atoms with Gasteiger partial charge in [0.05, 0.1) is 42.9 Å². The summed E-state index contributed by atoms with van der Waals surface area (Å²) in [6.45, 7) is -3.69. The molecule has 268 valence electrons. The molecule has 2 heterocycles. The summed E-state index contributed by atoms with van der Waals surface area (Å²) in [5.41, 5.74) is 5.66. The number of nitrogens with two attached hydrogens (primary N) is 1. The molecular formula is C36H31N3O13. The highest BCUT2D eigenvalue weighted by Crippen LogP contribution is 2.59. The minimum absolute atomic E-state index is 0.0411. The summed E-state index contributed by atoms with van der Waals surface area (Å²) in [4.78, 5) is 62.9. The molecule has 16 nitrogen and oxygen atoms in total. The average Bonchev–Trinajstić information content (AvgIpc) is 3.35. The van der Waals surface area contributed by atoms with Gasteiger partial charge in [0.25, 0.3) is 0 Å². The number of fused-ring (bicyclic) bond motifs is 6. The topological polar surface area (TPSA) is 247 Å². The number of aromatic hydroxyl groups is 1. The Bertz CT molecular complexity index is 2090. The highest BCUT2D eigenvalue weighted by Gasteiger charge is 2.55. The molecule has 52 heavy (non-hydrogen) atoms. The van der Waals surface area contributed by atoms with Crippen LogP contribution in [0.3, 0.4) is 0 Å². The van der Waals surface area contributed by atoms with Crippen molar-refractivity contribution in [2.75, 3.05) is 31.9 Å². The molecule has 0 radical (unpaired) electrons. The summed E-state index contributed by atoms with van der Waals surface area (Å²) in [6, 6.07) is 18.7. The molecule has 1 unspecified atom stereocenters. The van der Waals surface area contributed by atoms with Crippen LogP contribution in [0.2, 0.25) is 0 Å². The van der Waals surface area contributed by atoms with Crippen molar-refractivity contribution in [3.05, 3.63) is 106 Å². The molecule has 4 aromatic carbocycles. The summed E-state index contributed by atoms with van der Waals surface area (Å²) in [5.74, 6) is -6.16. The number of esters is 1. The van der Waals surface area contributed by atoms with E-state index in [2.05, 4.69) is 0 Å². The molecule has 0 amide bonds. The summed E-state index contributed by atoms with van der Waals surface area (Å²) < 4.78 is 19.1. The number of carboxylic acid groups (broad SMARTS) is 4. The van der Waals surface area contributed by atoms with Gasteiger partial charge >= 0.3 is 29.8 Å². The Balaban J connectivity index is 1.63. The minimum Gasteiger partial charge on any atom is -0.507 e. The zero-order valence-corrected chi connectivity index (χ0v) is 27.1. The normalized spacial score (nSPS) is 15.4. The highest BCUT2D eigenvalue weighted by molar-refractivity contribution is 5.97. The van der Waals surface area contributed by atoms with Gasteiger partial charge in [-0.15, -0.1) is 0 Å². The number of nitrogen functional groups attached to an aromatic ring is 1. The van der Waals surface area contributed by atoms with Crippen LogP contribution in [0.15, 0.2) is 72.8 Å². The van der Waals surface area contributed by atoms with Crippen molar-refractivity contribution >= 4 is 35.5 Å². The molecule has 0 fully saturated rings. The predicted octanol–water partition coefficient (Wildman–Crippen LogP) is 3.28. The second-order valence-electron chi connectivity index (χ2n) is 12.1. The Hall–Kier alpha value is -6.65. The zero-order valence-electron chi connectivity index (χ0n) is 27.1. The number of carbonyl (C=O) groups is 5. The van der Waals surface area contributed by atoms with Crippen molar-refractivity contribution in [2.24, 2.45) is 0 Å². The molecule has 2 aliphatic rings. The lowest BCUT2D eigenvalue weighted by Crippen LogP contribution is -2.37. The zero-order chi connectivity index (χ0) is 37.3. The average molecular weight is 714 g/mol. The van der Waals surface area contributed by atoms with Gasteiger partial charge in [-0.1, -0.05) is 18.2 Å². The predicted molar refractivity (Wildman–Crippen MR) is 178 cm³/mol. The largest absolute Gasteiger partial charge is 0.507 e. The Morgan fingerprint density at radius 3 is 1.77 bits per heavy atom. The molecule has 0 aliphatic carbocycles. The van der Waals surface area contributed by atoms with Gasteiger partial charge < -0.3 is 45.5 Å². The third-order valence-corrected chi connectivity index (χ3v) is 8.49. The lowest BCUT2D eigenvalue weighted by Gasteiger charge is -2.39. The monoisotopic (exact) mass is 713 g/mol. The Morgan fingerprint density at radius 1 is 0.673 bits per heavy atom. The van der Waals surface area contributed by atoms with Crippen LogP contribution in [0.4, 0.5) is 5.69 Å². The number of carbonyl (C=O) groups excluding carboxylic acids is 1. The van der Waals surface area contributed by atoms with Crippen LogP contribution < -0.4 is 15.2 Å². The first kappa shape index (κ1) is 35.2. The SMILES string of the molecule is Nc1ccc(Oc2ccc3c(c2CN(CC(=O)O)CC(=O)O)Oc2c(ccc(O)c2CN(CC(=O)O)CC(=O)O)C32OC(=O)c3ccccc32)cc1. The molecule has 1 spiro atoms. The van der Waals surface area contributed by atoms with Crippen molar-refractivity contribution in [1.29, 1.82) is 0 Å². The van der Waals surface area contributed by atoms with E-state index in [1.807, 2.05) is 0 Å². The van der Waals surface area contributed by atoms with E-state index in [1.165, 1.54) is 18.2 Å². The van der Waals surface area contributed by atoms with E-state index >= 15 is 0 Å². The lowest BCUT2D eigenvalue weighted by molar-refractivity contribution is -0.144. The van der Waals surface area contributed by atoms with Crippen LogP contribution in [0.1, 0.15) is 38.2 Å². The fourth-order valence-corrected chi connectivity index (χ4v) is 6.49. The summed E-state index contributed by atoms with van der Waals surface area (Å²) in [6.07, 6.45) is 0. The minimum atomic E-state index is -1.76. The third kappa shape index (κ3) is 6.75. The second kappa shape index (κ2) is 13.9. The van der Waals surface area contributed by atoms with Gasteiger partial charge in [-0.3, -0.25) is 29.0 Å². The van der Waals surface area contributed by atoms with Crippen LogP contribution in [0.25, 0.3) is 0 Å². The van der Waals surface area contributed by atoms with Gasteiger partial charge in [-0.25, -0.2) is 4.79 Å². The van der Waals surface area contributed by atoms with Crippen molar-refractivity contribution in [2.45, 2.75) is 18.7 Å². The van der Waals surface area contributed by atoms with Crippen LogP contribution >= 0.6 is 0 Å². The number of phenolic OH excluding ortho intramolecular Hbond substituents is 1. The van der Waals surface area contributed by atoms with Gasteiger partial charge in [0.15, 0.2) is 5.60 Å². The van der Waals surface area contributed by atoms with E-state index in [4.69, 9.17) is 19.9 Å². The number of rotatable bonds is 14. The molecule has 0 saturated carbocycles. The van der Waals surface area contributed by atoms with Crippen molar-refractivity contribution in [1.82, 2.24) is 9.80 Å². The maximum Gasteiger partial charge on any atom is 0.340 e. The molecule has 7 N–H and O–H groups in total. The maximum atomic E-state index is 13.5. The van der Waals surface area contributed by atoms with Crippen LogP contribution in [0, 0.1) is 0 Å². The number of nitrogens with zero attached hydrogens (tertiary/aromatic N) is 2. The highest BCUT2D eigenvalue weighted by atomic mass is 16.6. The summed E-state index contributed by atoms with van der Waals surface area (Å²) in [5, 5.41) is 49.6. The first-order chi connectivity index (χ1) is 24.8. The smallest absolute Gasteiger partial charge is 0.340 e. The van der Waals surface area contributed by atoms with E-state index in [1.54, 1.807) is 54.6 Å². The summed E-state index contributed by atoms with van der Waals surface area (Å²) in [7, 11) is 0. The molecule has 0 bridgehead atoms. The summed E-state index contributed by atoms with van der Waals surface area (Å²) >= 11 is 0. The second-order valence-corrected chi connectivity index (χ2v) is 12.1. The Kier molecular flexibility index (Phi) is 9.43. The maximum absolute atomic E-state index is 13.5. The van der Waals surface area contributed by atoms with Crippen LogP contribution in [-0.4, -0.2) is 91.4 Å². The van der Waals surface area contributed by atoms with E-state index in [-0.39, 0.29) is 51.6 Å². The van der Waals surface area contributed by atoms with Gasteiger partial charge in [-0.05, 0) is 54.6 Å². The fraction of sp³-hybridized carbons (Fsp3) is 0.194. The molecule has 1 atom stereocenters. The number of benzene rings is 4. The molecule has 6 rings (SSSR count). The molecule has 0 saturated heterocycles. The Labute approximate surface area is 294 Å². The number of ether oxygens (including phenoxy) is 3. The standard InChI is InChI=1S/C36H31N3O13/c37-19-5-7-20(8-6-19)50-28-12-10-26-34(23(28)14-39(17-31(45)46)18-32(47)48)51-33-22(13-38(15-29(41)42)16-30(43)44)27(40)11-9-25(33)36(26)24-4-2-1-3-21(24)35(49)52-36/h1-12,40H,13-18,37H2,(H,41,42)(H,43,44)(H,45,46)(H,47,48). The molecule has 0 aromatic heterocycles. The van der Waals surface area contributed by atoms with E-state index in [9.17, 15) is 49.5 Å². The van der Waals surface area contributed by atoms with E-state index in [0.717, 1.165) is 9.80 Å². The third-order valence-electron chi connectivity index (χ3n) is 8.49. The van der Waals surface area contributed by atoms with Gasteiger partial charge in [0.2, 0.25) is 0 Å². The first-order valence-electron chi connectivity index (χ1n) is 15.6. The number of hydrogen-bond acceptors (Lipinski definition) is 12. The number of aliphatic carboxylic acids is 4. The Morgan fingerprint density at radius 2 is 1.19 bits per heavy atom. The number of carboxylic acids is 4. The van der Waals surface area contributed by atoms with Gasteiger partial charge in [0, 0.05) is 35.5 Å². The van der Waals surface area contributed by atoms with Crippen molar-refractivity contribution < 1.29 is 63.7 Å². The molecule has 4 aromatic rings. The first-order valence-corrected chi connectivity index (χ1v) is 15.6. The van der Waals surface area contributed by atoms with Crippen molar-refractivity contribution in [3.8, 4) is 28.7 Å². The van der Waals surface area contributed by atoms with Crippen LogP contribution in [0.5, 0.6) is 28.7 Å². The quantitative estimate of drug-likeness (QED) is 0.0811. The van der Waals surface area contributed by atoms with Gasteiger partial charge in [0.1, 0.15) is 28.7 Å². The number of phenols is 1. The number of anilines is 1. The molecule has 16 heteroatoms. The lowest BCUT2D eigenvalue weighted by atomic mass is 9.76. The van der Waals surface area contributed by atoms with Gasteiger partial charge in [-0.2, -0.15) is 0 Å². The van der Waals surface area contributed by atoms with Crippen LogP contribution in [-0.2, 0) is 42.6 Å². The van der Waals surface area contributed by atoms with Crippen molar-refractivity contribution in [3.63, 3.8) is 0 Å². The molecular weight excluding hydrogens is 682 g/mol. The fourth-order valence-electron chi connectivity index (χ4n) is 6.49. The molecule has 2 aliphatic heterocycles. The number of hydrogen-bond donors (Lipinski definition) is 6. The van der Waals surface area contributed by atoms with E-state index in [0.29, 0.717) is 17.0 Å². The van der Waals surface area contributed by atoms with E-state index < -0.39 is 73.9 Å².